The highest BCUT2D eigenvalue weighted by atomic mass is 19.4. The Balaban J connectivity index is 1.88. The number of hydrogen-bond acceptors (Lipinski definition) is 2. The maximum atomic E-state index is 12.7. The van der Waals surface area contributed by atoms with E-state index in [0.717, 1.165) is 31.4 Å². The van der Waals surface area contributed by atoms with Crippen molar-refractivity contribution in [2.75, 3.05) is 6.54 Å². The third kappa shape index (κ3) is 4.96. The summed E-state index contributed by atoms with van der Waals surface area (Å²) < 4.78 is 38.2. The van der Waals surface area contributed by atoms with Crippen LogP contribution in [0, 0.1) is 5.92 Å². The molecule has 0 saturated heterocycles. The molecule has 6 heteroatoms. The minimum atomic E-state index is -4.38. The number of carbonyl (C=O) groups is 1. The van der Waals surface area contributed by atoms with Gasteiger partial charge in [-0.1, -0.05) is 31.5 Å². The van der Waals surface area contributed by atoms with Crippen LogP contribution in [0.1, 0.15) is 49.7 Å². The van der Waals surface area contributed by atoms with Crippen LogP contribution in [0.25, 0.3) is 0 Å². The number of amides is 1. The fourth-order valence-electron chi connectivity index (χ4n) is 2.99. The van der Waals surface area contributed by atoms with Crippen LogP contribution in [0.2, 0.25) is 0 Å². The summed E-state index contributed by atoms with van der Waals surface area (Å²) in [7, 11) is 0. The van der Waals surface area contributed by atoms with Crippen molar-refractivity contribution in [1.29, 1.82) is 0 Å². The quantitative estimate of drug-likeness (QED) is 0.869. The highest BCUT2D eigenvalue weighted by molar-refractivity contribution is 5.76. The lowest BCUT2D eigenvalue weighted by molar-refractivity contribution is -0.137. The first-order valence-corrected chi connectivity index (χ1v) is 7.89. The van der Waals surface area contributed by atoms with Gasteiger partial charge in [0.1, 0.15) is 0 Å². The summed E-state index contributed by atoms with van der Waals surface area (Å²) in [6.45, 7) is 2.16. The summed E-state index contributed by atoms with van der Waals surface area (Å²) in [5, 5.41) is 12.5. The van der Waals surface area contributed by atoms with Crippen LogP contribution in [0.5, 0.6) is 0 Å². The van der Waals surface area contributed by atoms with Gasteiger partial charge in [0.15, 0.2) is 0 Å². The predicted octanol–water partition coefficient (Wildman–Crippen LogP) is 3.48. The Morgan fingerprint density at radius 3 is 2.74 bits per heavy atom. The third-order valence-corrected chi connectivity index (χ3v) is 4.45. The number of aliphatic hydroxyl groups is 1. The average molecular weight is 329 g/mol. The molecule has 2 rings (SSSR count). The van der Waals surface area contributed by atoms with Crippen molar-refractivity contribution in [1.82, 2.24) is 5.32 Å². The standard InChI is InChI=1S/C17H22F3NO2/c1-11(12-4-2-6-14(9-12)17(18,19)20)8-16(23)21-10-13-5-3-7-15(13)22/h2,4,6,9,11,13,15,22H,3,5,7-8,10H2,1H3,(H,21,23). The summed E-state index contributed by atoms with van der Waals surface area (Å²) in [5.41, 5.74) is -0.202. The fourth-order valence-corrected chi connectivity index (χ4v) is 2.99. The van der Waals surface area contributed by atoms with Crippen molar-refractivity contribution in [3.05, 3.63) is 35.4 Å². The molecule has 128 valence electrons. The molecule has 1 amide bonds. The molecule has 0 aromatic heterocycles. The van der Waals surface area contributed by atoms with E-state index in [4.69, 9.17) is 0 Å². The smallest absolute Gasteiger partial charge is 0.393 e. The van der Waals surface area contributed by atoms with Crippen molar-refractivity contribution < 1.29 is 23.1 Å². The lowest BCUT2D eigenvalue weighted by Crippen LogP contribution is -2.32. The highest BCUT2D eigenvalue weighted by Crippen LogP contribution is 2.31. The summed E-state index contributed by atoms with van der Waals surface area (Å²) in [6, 6.07) is 5.09. The second-order valence-electron chi connectivity index (χ2n) is 6.29. The van der Waals surface area contributed by atoms with Gasteiger partial charge >= 0.3 is 6.18 Å². The number of aliphatic hydroxyl groups excluding tert-OH is 1. The van der Waals surface area contributed by atoms with Crippen LogP contribution in [0.15, 0.2) is 24.3 Å². The Kier molecular flexibility index (Phi) is 5.68. The van der Waals surface area contributed by atoms with Crippen LogP contribution in [0.3, 0.4) is 0 Å². The van der Waals surface area contributed by atoms with E-state index in [0.29, 0.717) is 12.1 Å². The van der Waals surface area contributed by atoms with Crippen molar-refractivity contribution in [2.24, 2.45) is 5.92 Å². The normalized spacial score (nSPS) is 22.8. The number of halogens is 3. The minimum absolute atomic E-state index is 0.0859. The van der Waals surface area contributed by atoms with Crippen LogP contribution < -0.4 is 5.32 Å². The topological polar surface area (TPSA) is 49.3 Å². The number of carbonyl (C=O) groups excluding carboxylic acids is 1. The van der Waals surface area contributed by atoms with Crippen molar-refractivity contribution in [3.8, 4) is 0 Å². The molecule has 1 aliphatic rings. The predicted molar refractivity (Wildman–Crippen MR) is 80.8 cm³/mol. The molecule has 3 unspecified atom stereocenters. The van der Waals surface area contributed by atoms with E-state index >= 15 is 0 Å². The van der Waals surface area contributed by atoms with E-state index in [1.54, 1.807) is 13.0 Å². The molecule has 0 spiro atoms. The Hall–Kier alpha value is -1.56. The fraction of sp³-hybridized carbons (Fsp3) is 0.588. The Bertz CT molecular complexity index is 545. The van der Waals surface area contributed by atoms with Crippen LogP contribution in [-0.2, 0) is 11.0 Å². The summed E-state index contributed by atoms with van der Waals surface area (Å²) in [6.07, 6.45) is -1.99. The zero-order valence-electron chi connectivity index (χ0n) is 13.1. The van der Waals surface area contributed by atoms with Gasteiger partial charge in [0.2, 0.25) is 5.91 Å². The van der Waals surface area contributed by atoms with Crippen LogP contribution in [-0.4, -0.2) is 23.7 Å². The molecule has 3 nitrogen and oxygen atoms in total. The van der Waals surface area contributed by atoms with Crippen molar-refractivity contribution >= 4 is 5.91 Å². The molecule has 1 fully saturated rings. The van der Waals surface area contributed by atoms with Crippen LogP contribution >= 0.6 is 0 Å². The largest absolute Gasteiger partial charge is 0.416 e. The average Bonchev–Trinajstić information content (AvgIpc) is 2.89. The Morgan fingerprint density at radius 1 is 1.39 bits per heavy atom. The summed E-state index contributed by atoms with van der Waals surface area (Å²) in [4.78, 5) is 12.0. The van der Waals surface area contributed by atoms with Gasteiger partial charge in [0.05, 0.1) is 11.7 Å². The lowest BCUT2D eigenvalue weighted by atomic mass is 9.95. The monoisotopic (exact) mass is 329 g/mol. The zero-order chi connectivity index (χ0) is 17.0. The van der Waals surface area contributed by atoms with E-state index in [1.807, 2.05) is 0 Å². The van der Waals surface area contributed by atoms with Gasteiger partial charge in [-0.2, -0.15) is 13.2 Å². The zero-order valence-corrected chi connectivity index (χ0v) is 13.1. The maximum Gasteiger partial charge on any atom is 0.416 e. The molecule has 0 bridgehead atoms. The molecular weight excluding hydrogens is 307 g/mol. The molecule has 1 aromatic carbocycles. The molecule has 2 N–H and O–H groups in total. The van der Waals surface area contributed by atoms with Gasteiger partial charge < -0.3 is 10.4 Å². The van der Waals surface area contributed by atoms with E-state index in [1.165, 1.54) is 6.07 Å². The van der Waals surface area contributed by atoms with E-state index in [9.17, 15) is 23.1 Å². The molecule has 3 atom stereocenters. The second kappa shape index (κ2) is 7.34. The number of hydrogen-bond donors (Lipinski definition) is 2. The Morgan fingerprint density at radius 2 is 2.13 bits per heavy atom. The molecule has 0 aliphatic heterocycles. The second-order valence-corrected chi connectivity index (χ2v) is 6.29. The third-order valence-electron chi connectivity index (χ3n) is 4.45. The minimum Gasteiger partial charge on any atom is -0.393 e. The summed E-state index contributed by atoms with van der Waals surface area (Å²) >= 11 is 0. The molecule has 23 heavy (non-hydrogen) atoms. The SMILES string of the molecule is CC(CC(=O)NCC1CCCC1O)c1cccc(C(F)(F)F)c1. The molecule has 0 heterocycles. The van der Waals surface area contributed by atoms with E-state index < -0.39 is 11.7 Å². The van der Waals surface area contributed by atoms with Gasteiger partial charge in [-0.05, 0) is 30.4 Å². The number of nitrogens with one attached hydrogen (secondary N) is 1. The van der Waals surface area contributed by atoms with Gasteiger partial charge in [-0.25, -0.2) is 0 Å². The molecule has 1 saturated carbocycles. The van der Waals surface area contributed by atoms with E-state index in [2.05, 4.69) is 5.32 Å². The van der Waals surface area contributed by atoms with Gasteiger partial charge in [0.25, 0.3) is 0 Å². The first-order valence-electron chi connectivity index (χ1n) is 7.89. The van der Waals surface area contributed by atoms with E-state index in [-0.39, 0.29) is 30.3 Å². The van der Waals surface area contributed by atoms with Gasteiger partial charge in [0, 0.05) is 18.9 Å². The van der Waals surface area contributed by atoms with Crippen molar-refractivity contribution in [2.45, 2.75) is 50.8 Å². The molecule has 1 aliphatic carbocycles. The first-order chi connectivity index (χ1) is 10.8. The Labute approximate surface area is 133 Å². The van der Waals surface area contributed by atoms with Gasteiger partial charge in [-0.15, -0.1) is 0 Å². The molecule has 1 aromatic rings. The number of benzene rings is 1. The number of rotatable bonds is 5. The van der Waals surface area contributed by atoms with Crippen LogP contribution in [0.4, 0.5) is 13.2 Å². The van der Waals surface area contributed by atoms with Crippen molar-refractivity contribution in [3.63, 3.8) is 0 Å². The highest BCUT2D eigenvalue weighted by Gasteiger charge is 2.31. The first kappa shape index (κ1) is 17.8. The van der Waals surface area contributed by atoms with Gasteiger partial charge in [-0.3, -0.25) is 4.79 Å². The number of alkyl halides is 3. The maximum absolute atomic E-state index is 12.7. The molecular formula is C17H22F3NO2. The molecule has 0 radical (unpaired) electrons. The lowest BCUT2D eigenvalue weighted by Gasteiger charge is -2.17. The summed E-state index contributed by atoms with van der Waals surface area (Å²) in [5.74, 6) is -0.414.